The van der Waals surface area contributed by atoms with Crippen LogP contribution < -0.4 is 14.8 Å². The summed E-state index contributed by atoms with van der Waals surface area (Å²) in [6.45, 7) is 5.20. The van der Waals surface area contributed by atoms with Gasteiger partial charge in [0.2, 0.25) is 5.91 Å². The Balaban J connectivity index is 1.60. The van der Waals surface area contributed by atoms with Crippen molar-refractivity contribution in [3.05, 3.63) is 42.7 Å². The Morgan fingerprint density at radius 1 is 1.11 bits per heavy atom. The number of imidazole rings is 1. The van der Waals surface area contributed by atoms with Crippen LogP contribution in [-0.2, 0) is 4.79 Å². The molecule has 2 aromatic heterocycles. The van der Waals surface area contributed by atoms with Gasteiger partial charge in [0.25, 0.3) is 0 Å². The molecule has 140 valence electrons. The van der Waals surface area contributed by atoms with E-state index in [0.29, 0.717) is 13.2 Å². The molecule has 0 bridgehead atoms. The molecule has 1 amide bonds. The first kappa shape index (κ1) is 17.4. The lowest BCUT2D eigenvalue weighted by Crippen LogP contribution is -2.21. The highest BCUT2D eigenvalue weighted by molar-refractivity contribution is 5.92. The third kappa shape index (κ3) is 3.47. The zero-order valence-electron chi connectivity index (χ0n) is 15.6. The molecule has 0 unspecified atom stereocenters. The highest BCUT2D eigenvalue weighted by Gasteiger charge is 2.16. The third-order valence-corrected chi connectivity index (χ3v) is 4.91. The molecule has 1 aromatic carbocycles. The Morgan fingerprint density at radius 2 is 1.89 bits per heavy atom. The molecule has 4 rings (SSSR count). The first-order valence-electron chi connectivity index (χ1n) is 9.37. The van der Waals surface area contributed by atoms with Crippen molar-refractivity contribution in [1.29, 1.82) is 0 Å². The number of aromatic nitrogens is 2. The minimum absolute atomic E-state index is 0.0387. The average Bonchev–Trinajstić information content (AvgIpc) is 3.12. The van der Waals surface area contributed by atoms with Crippen LogP contribution in [-0.4, -0.2) is 28.5 Å². The van der Waals surface area contributed by atoms with E-state index in [1.165, 1.54) is 0 Å². The van der Waals surface area contributed by atoms with Crippen LogP contribution in [0.3, 0.4) is 0 Å². The Morgan fingerprint density at radius 3 is 2.67 bits per heavy atom. The fourth-order valence-electron chi connectivity index (χ4n) is 3.31. The van der Waals surface area contributed by atoms with Crippen molar-refractivity contribution >= 4 is 17.2 Å². The van der Waals surface area contributed by atoms with Crippen molar-refractivity contribution in [3.63, 3.8) is 0 Å². The van der Waals surface area contributed by atoms with E-state index >= 15 is 0 Å². The highest BCUT2D eigenvalue weighted by Crippen LogP contribution is 2.34. The van der Waals surface area contributed by atoms with Gasteiger partial charge in [-0.2, -0.15) is 0 Å². The lowest BCUT2D eigenvalue weighted by molar-refractivity contribution is -0.120. The lowest BCUT2D eigenvalue weighted by Gasteiger charge is -2.18. The van der Waals surface area contributed by atoms with Gasteiger partial charge in [-0.05, 0) is 43.2 Å². The van der Waals surface area contributed by atoms with Gasteiger partial charge in [-0.1, -0.05) is 13.8 Å². The maximum Gasteiger partial charge on any atom is 0.227 e. The molecule has 0 radical (unpaired) electrons. The number of nitrogens with one attached hydrogen (secondary N) is 1. The minimum atomic E-state index is 0.0387. The second-order valence-corrected chi connectivity index (χ2v) is 6.67. The second kappa shape index (κ2) is 7.31. The molecule has 0 atom stereocenters. The Kier molecular flexibility index (Phi) is 4.71. The average molecular weight is 365 g/mol. The number of fused-ring (bicyclic) bond motifs is 2. The van der Waals surface area contributed by atoms with Crippen LogP contribution in [0.5, 0.6) is 11.5 Å². The summed E-state index contributed by atoms with van der Waals surface area (Å²) in [7, 11) is 0. The molecular formula is C21H23N3O3. The Labute approximate surface area is 158 Å². The van der Waals surface area contributed by atoms with Gasteiger partial charge >= 0.3 is 0 Å². The number of anilines is 1. The standard InChI is InChI=1S/C21H23N3O3/c1-3-14(4-2)21(25)22-16-6-8-20-23-17(13-24(20)12-16)15-5-7-18-19(11-15)27-10-9-26-18/h5-8,11-14H,3-4,9-10H2,1-2H3,(H,22,25). The van der Waals surface area contributed by atoms with Crippen LogP contribution in [0.2, 0.25) is 0 Å². The molecule has 3 aromatic rings. The van der Waals surface area contributed by atoms with Gasteiger partial charge in [-0.25, -0.2) is 4.98 Å². The smallest absolute Gasteiger partial charge is 0.227 e. The van der Waals surface area contributed by atoms with Gasteiger partial charge < -0.3 is 19.2 Å². The van der Waals surface area contributed by atoms with E-state index in [1.54, 1.807) is 0 Å². The van der Waals surface area contributed by atoms with Crippen molar-refractivity contribution in [2.24, 2.45) is 5.92 Å². The molecular weight excluding hydrogens is 342 g/mol. The summed E-state index contributed by atoms with van der Waals surface area (Å²) in [4.78, 5) is 17.0. The van der Waals surface area contributed by atoms with Gasteiger partial charge in [0.05, 0.1) is 11.4 Å². The quantitative estimate of drug-likeness (QED) is 0.738. The number of carbonyl (C=O) groups is 1. The fourth-order valence-corrected chi connectivity index (χ4v) is 3.31. The monoisotopic (exact) mass is 365 g/mol. The van der Waals surface area contributed by atoms with E-state index in [9.17, 15) is 4.79 Å². The highest BCUT2D eigenvalue weighted by atomic mass is 16.6. The lowest BCUT2D eigenvalue weighted by atomic mass is 10.0. The predicted molar refractivity (Wildman–Crippen MR) is 104 cm³/mol. The maximum atomic E-state index is 12.3. The normalized spacial score (nSPS) is 13.1. The van der Waals surface area contributed by atoms with E-state index in [1.807, 2.05) is 61.0 Å². The summed E-state index contributed by atoms with van der Waals surface area (Å²) in [5.41, 5.74) is 3.40. The van der Waals surface area contributed by atoms with Gasteiger partial charge in [-0.15, -0.1) is 0 Å². The number of ether oxygens (including phenoxy) is 2. The fraction of sp³-hybridized carbons (Fsp3) is 0.333. The van der Waals surface area contributed by atoms with Crippen LogP contribution in [0.25, 0.3) is 16.9 Å². The number of hydrogen-bond donors (Lipinski definition) is 1. The first-order chi connectivity index (χ1) is 13.2. The van der Waals surface area contributed by atoms with Crippen molar-refractivity contribution in [1.82, 2.24) is 9.38 Å². The van der Waals surface area contributed by atoms with Crippen molar-refractivity contribution in [2.75, 3.05) is 18.5 Å². The number of amides is 1. The van der Waals surface area contributed by atoms with Crippen molar-refractivity contribution < 1.29 is 14.3 Å². The molecule has 6 nitrogen and oxygen atoms in total. The largest absolute Gasteiger partial charge is 0.486 e. The maximum absolute atomic E-state index is 12.3. The summed E-state index contributed by atoms with van der Waals surface area (Å²) in [5.74, 6) is 1.61. The van der Waals surface area contributed by atoms with Crippen LogP contribution in [0.1, 0.15) is 26.7 Å². The molecule has 3 heterocycles. The van der Waals surface area contributed by atoms with Gasteiger partial charge in [0.15, 0.2) is 11.5 Å². The molecule has 1 aliphatic rings. The Bertz CT molecular complexity index is 976. The van der Waals surface area contributed by atoms with E-state index in [4.69, 9.17) is 9.47 Å². The summed E-state index contributed by atoms with van der Waals surface area (Å²) in [6, 6.07) is 9.63. The molecule has 0 saturated heterocycles. The van der Waals surface area contributed by atoms with Crippen molar-refractivity contribution in [2.45, 2.75) is 26.7 Å². The number of nitrogens with zero attached hydrogens (tertiary/aromatic N) is 2. The molecule has 0 saturated carbocycles. The van der Waals surface area contributed by atoms with Gasteiger partial charge in [-0.3, -0.25) is 4.79 Å². The van der Waals surface area contributed by atoms with E-state index in [2.05, 4.69) is 10.3 Å². The van der Waals surface area contributed by atoms with E-state index < -0.39 is 0 Å². The van der Waals surface area contributed by atoms with Crippen molar-refractivity contribution in [3.8, 4) is 22.8 Å². The number of rotatable bonds is 5. The topological polar surface area (TPSA) is 64.9 Å². The van der Waals surface area contributed by atoms with Crippen LogP contribution >= 0.6 is 0 Å². The number of carbonyl (C=O) groups excluding carboxylic acids is 1. The zero-order chi connectivity index (χ0) is 18.8. The van der Waals surface area contributed by atoms with Crippen LogP contribution in [0, 0.1) is 5.92 Å². The molecule has 1 aliphatic heterocycles. The second-order valence-electron chi connectivity index (χ2n) is 6.67. The minimum Gasteiger partial charge on any atom is -0.486 e. The molecule has 1 N–H and O–H groups in total. The predicted octanol–water partition coefficient (Wildman–Crippen LogP) is 4.15. The molecule has 6 heteroatoms. The summed E-state index contributed by atoms with van der Waals surface area (Å²) >= 11 is 0. The molecule has 0 aliphatic carbocycles. The molecule has 27 heavy (non-hydrogen) atoms. The summed E-state index contributed by atoms with van der Waals surface area (Å²) < 4.78 is 13.2. The van der Waals surface area contributed by atoms with Gasteiger partial charge in [0.1, 0.15) is 18.9 Å². The summed E-state index contributed by atoms with van der Waals surface area (Å²) in [5, 5.41) is 3.00. The van der Waals surface area contributed by atoms with E-state index in [0.717, 1.165) is 46.9 Å². The van der Waals surface area contributed by atoms with Crippen LogP contribution in [0.15, 0.2) is 42.7 Å². The van der Waals surface area contributed by atoms with E-state index in [-0.39, 0.29) is 11.8 Å². The molecule has 0 fully saturated rings. The number of pyridine rings is 1. The zero-order valence-corrected chi connectivity index (χ0v) is 15.6. The number of benzene rings is 1. The van der Waals surface area contributed by atoms with Crippen LogP contribution in [0.4, 0.5) is 5.69 Å². The van der Waals surface area contributed by atoms with Gasteiger partial charge in [0, 0.05) is 23.9 Å². The third-order valence-electron chi connectivity index (χ3n) is 4.91. The molecule has 0 spiro atoms. The first-order valence-corrected chi connectivity index (χ1v) is 9.37. The summed E-state index contributed by atoms with van der Waals surface area (Å²) in [6.07, 6.45) is 5.52. The number of hydrogen-bond acceptors (Lipinski definition) is 4. The SMILES string of the molecule is CCC(CC)C(=O)Nc1ccc2nc(-c3ccc4c(c3)OCCO4)cn2c1. The Hall–Kier alpha value is -3.02.